The summed E-state index contributed by atoms with van der Waals surface area (Å²) in [5.74, 6) is 0.221. The van der Waals surface area contributed by atoms with Crippen LogP contribution < -0.4 is 4.72 Å². The van der Waals surface area contributed by atoms with Gasteiger partial charge in [-0.2, -0.15) is 0 Å². The molecular weight excluding hydrogens is 277 g/mol. The molecule has 0 spiro atoms. The molecule has 7 heteroatoms. The fraction of sp³-hybridized carbons (Fsp3) is 0.455. The molecule has 0 radical (unpaired) electrons. The second-order valence-corrected chi connectivity index (χ2v) is 7.55. The van der Waals surface area contributed by atoms with Gasteiger partial charge in [-0.05, 0) is 25.0 Å². The highest BCUT2D eigenvalue weighted by atomic mass is 32.2. The molecule has 1 aliphatic rings. The molecule has 0 unspecified atom stereocenters. The van der Waals surface area contributed by atoms with Crippen LogP contribution in [0.4, 0.5) is 4.39 Å². The Labute approximate surface area is 108 Å². The van der Waals surface area contributed by atoms with Crippen molar-refractivity contribution in [2.45, 2.75) is 23.8 Å². The molecule has 1 heterocycles. The summed E-state index contributed by atoms with van der Waals surface area (Å²) >= 11 is 0. The molecule has 0 saturated carbocycles. The molecule has 18 heavy (non-hydrogen) atoms. The van der Waals surface area contributed by atoms with Crippen LogP contribution in [0, 0.1) is 5.82 Å². The monoisotopic (exact) mass is 291 g/mol. The van der Waals surface area contributed by atoms with Crippen molar-refractivity contribution in [3.8, 4) is 0 Å². The van der Waals surface area contributed by atoms with Gasteiger partial charge in [0, 0.05) is 28.3 Å². The van der Waals surface area contributed by atoms with Crippen LogP contribution in [0.15, 0.2) is 29.2 Å². The van der Waals surface area contributed by atoms with Gasteiger partial charge in [-0.3, -0.25) is 4.21 Å². The van der Waals surface area contributed by atoms with Crippen molar-refractivity contribution in [2.75, 3.05) is 11.5 Å². The first kappa shape index (κ1) is 13.6. The van der Waals surface area contributed by atoms with Crippen molar-refractivity contribution in [1.29, 1.82) is 0 Å². The van der Waals surface area contributed by atoms with E-state index >= 15 is 0 Å². The SMILES string of the molecule is O=S1CCC(NS(=O)(=O)c2ccccc2F)CC1. The topological polar surface area (TPSA) is 63.2 Å². The Bertz CT molecular complexity index is 549. The minimum Gasteiger partial charge on any atom is -0.260 e. The fourth-order valence-electron chi connectivity index (χ4n) is 1.86. The minimum absolute atomic E-state index is 0.257. The molecular formula is C11H14FNO3S2. The molecule has 100 valence electrons. The van der Waals surface area contributed by atoms with E-state index in [1.807, 2.05) is 0 Å². The normalized spacial score (nSPS) is 24.9. The van der Waals surface area contributed by atoms with Gasteiger partial charge in [0.15, 0.2) is 0 Å². The predicted octanol–water partition coefficient (Wildman–Crippen LogP) is 1.02. The second-order valence-electron chi connectivity index (χ2n) is 4.17. The van der Waals surface area contributed by atoms with E-state index in [4.69, 9.17) is 0 Å². The Morgan fingerprint density at radius 3 is 2.44 bits per heavy atom. The Morgan fingerprint density at radius 2 is 1.83 bits per heavy atom. The first-order valence-electron chi connectivity index (χ1n) is 5.61. The molecule has 1 N–H and O–H groups in total. The van der Waals surface area contributed by atoms with Crippen molar-refractivity contribution in [3.05, 3.63) is 30.1 Å². The first-order valence-corrected chi connectivity index (χ1v) is 8.58. The molecule has 0 bridgehead atoms. The van der Waals surface area contributed by atoms with E-state index in [2.05, 4.69) is 4.72 Å². The molecule has 0 aromatic heterocycles. The number of halogens is 1. The largest absolute Gasteiger partial charge is 0.260 e. The zero-order valence-electron chi connectivity index (χ0n) is 9.63. The minimum atomic E-state index is -3.83. The van der Waals surface area contributed by atoms with Gasteiger partial charge < -0.3 is 0 Å². The van der Waals surface area contributed by atoms with Gasteiger partial charge in [0.05, 0.1) is 0 Å². The molecule has 1 fully saturated rings. The highest BCUT2D eigenvalue weighted by Gasteiger charge is 2.25. The Balaban J connectivity index is 2.13. The van der Waals surface area contributed by atoms with E-state index in [1.165, 1.54) is 18.2 Å². The molecule has 0 amide bonds. The summed E-state index contributed by atoms with van der Waals surface area (Å²) in [6, 6.07) is 5.02. The van der Waals surface area contributed by atoms with Crippen LogP contribution in [0.3, 0.4) is 0 Å². The van der Waals surface area contributed by atoms with Gasteiger partial charge in [-0.15, -0.1) is 0 Å². The summed E-state index contributed by atoms with van der Waals surface area (Å²) in [4.78, 5) is -0.336. The quantitative estimate of drug-likeness (QED) is 0.904. The summed E-state index contributed by atoms with van der Waals surface area (Å²) < 4.78 is 51.0. The van der Waals surface area contributed by atoms with Crippen molar-refractivity contribution in [3.63, 3.8) is 0 Å². The van der Waals surface area contributed by atoms with E-state index in [-0.39, 0.29) is 10.9 Å². The number of hydrogen-bond donors (Lipinski definition) is 1. The standard InChI is InChI=1S/C11H14FNO3S2/c12-10-3-1-2-4-11(10)18(15,16)13-9-5-7-17(14)8-6-9/h1-4,9,13H,5-8H2. The average Bonchev–Trinajstić information content (AvgIpc) is 2.32. The van der Waals surface area contributed by atoms with Crippen LogP contribution in [0.1, 0.15) is 12.8 Å². The third-order valence-electron chi connectivity index (χ3n) is 2.84. The van der Waals surface area contributed by atoms with E-state index in [0.29, 0.717) is 24.3 Å². The summed E-state index contributed by atoms with van der Waals surface area (Å²) in [5, 5.41) is 0. The van der Waals surface area contributed by atoms with E-state index in [1.54, 1.807) is 0 Å². The Kier molecular flexibility index (Phi) is 4.14. The lowest BCUT2D eigenvalue weighted by Crippen LogP contribution is -2.39. The smallest absolute Gasteiger partial charge is 0.243 e. The van der Waals surface area contributed by atoms with Crippen LogP contribution in [-0.2, 0) is 20.8 Å². The van der Waals surface area contributed by atoms with Crippen LogP contribution in [0.2, 0.25) is 0 Å². The average molecular weight is 291 g/mol. The fourth-order valence-corrected chi connectivity index (χ4v) is 4.54. The number of hydrogen-bond acceptors (Lipinski definition) is 3. The highest BCUT2D eigenvalue weighted by molar-refractivity contribution is 7.89. The van der Waals surface area contributed by atoms with Gasteiger partial charge >= 0.3 is 0 Å². The molecule has 2 rings (SSSR count). The number of rotatable bonds is 3. The van der Waals surface area contributed by atoms with Crippen molar-refractivity contribution >= 4 is 20.8 Å². The van der Waals surface area contributed by atoms with Gasteiger partial charge in [-0.25, -0.2) is 17.5 Å². The van der Waals surface area contributed by atoms with Gasteiger partial charge in [0.1, 0.15) is 10.7 Å². The van der Waals surface area contributed by atoms with E-state index < -0.39 is 26.6 Å². The third kappa shape index (κ3) is 3.15. The molecule has 1 aromatic carbocycles. The van der Waals surface area contributed by atoms with E-state index in [9.17, 15) is 17.0 Å². The van der Waals surface area contributed by atoms with Crippen LogP contribution >= 0.6 is 0 Å². The van der Waals surface area contributed by atoms with Crippen LogP contribution in [-0.4, -0.2) is 30.2 Å². The maximum Gasteiger partial charge on any atom is 0.243 e. The summed E-state index contributed by atoms with van der Waals surface area (Å²) in [7, 11) is -4.68. The van der Waals surface area contributed by atoms with Crippen LogP contribution in [0.5, 0.6) is 0 Å². The third-order valence-corrected chi connectivity index (χ3v) is 5.77. The highest BCUT2D eigenvalue weighted by Crippen LogP contribution is 2.16. The molecule has 0 aliphatic carbocycles. The first-order chi connectivity index (χ1) is 8.49. The lowest BCUT2D eigenvalue weighted by atomic mass is 10.2. The van der Waals surface area contributed by atoms with Gasteiger partial charge in [0.2, 0.25) is 10.0 Å². The lowest BCUT2D eigenvalue weighted by Gasteiger charge is -2.22. The zero-order valence-corrected chi connectivity index (χ0v) is 11.3. The Morgan fingerprint density at radius 1 is 1.22 bits per heavy atom. The maximum absolute atomic E-state index is 13.4. The molecule has 1 aromatic rings. The van der Waals surface area contributed by atoms with Gasteiger partial charge in [0.25, 0.3) is 0 Å². The van der Waals surface area contributed by atoms with Crippen molar-refractivity contribution in [2.24, 2.45) is 0 Å². The molecule has 1 aliphatic heterocycles. The summed E-state index contributed by atoms with van der Waals surface area (Å²) in [6.45, 7) is 0. The van der Waals surface area contributed by atoms with E-state index in [0.717, 1.165) is 6.07 Å². The summed E-state index contributed by atoms with van der Waals surface area (Å²) in [6.07, 6.45) is 1.06. The maximum atomic E-state index is 13.4. The lowest BCUT2D eigenvalue weighted by molar-refractivity contribution is 0.514. The number of sulfonamides is 1. The molecule has 4 nitrogen and oxygen atoms in total. The van der Waals surface area contributed by atoms with Gasteiger partial charge in [-0.1, -0.05) is 12.1 Å². The van der Waals surface area contributed by atoms with Crippen LogP contribution in [0.25, 0.3) is 0 Å². The predicted molar refractivity (Wildman–Crippen MR) is 67.6 cm³/mol. The number of nitrogens with one attached hydrogen (secondary N) is 1. The number of benzene rings is 1. The van der Waals surface area contributed by atoms with Crippen molar-refractivity contribution in [1.82, 2.24) is 4.72 Å². The second kappa shape index (κ2) is 5.46. The Hall–Kier alpha value is -0.790. The molecule has 1 saturated heterocycles. The molecule has 0 atom stereocenters. The zero-order chi connectivity index (χ0) is 13.2. The summed E-state index contributed by atoms with van der Waals surface area (Å²) in [5.41, 5.74) is 0. The van der Waals surface area contributed by atoms with Crippen molar-refractivity contribution < 1.29 is 17.0 Å².